The molecule has 4 rings (SSSR count). The third-order valence-corrected chi connectivity index (χ3v) is 5.74. The molecule has 2 aromatic carbocycles. The summed E-state index contributed by atoms with van der Waals surface area (Å²) in [6.45, 7) is 6.38. The first-order valence-corrected chi connectivity index (χ1v) is 10.8. The van der Waals surface area contributed by atoms with E-state index in [1.807, 2.05) is 67.3 Å². The van der Waals surface area contributed by atoms with Crippen molar-refractivity contribution in [3.8, 4) is 17.0 Å². The highest BCUT2D eigenvalue weighted by Gasteiger charge is 2.29. The Hall–Kier alpha value is -3.28. The zero-order valence-corrected chi connectivity index (χ0v) is 18.4. The minimum absolute atomic E-state index is 0.00338. The molecule has 3 aromatic rings. The number of ether oxygens (including phenoxy) is 1. The highest BCUT2D eigenvalue weighted by molar-refractivity contribution is 5.95. The van der Waals surface area contributed by atoms with Gasteiger partial charge in [0.15, 0.2) is 0 Å². The van der Waals surface area contributed by atoms with E-state index in [1.54, 1.807) is 13.2 Å². The number of anilines is 1. The van der Waals surface area contributed by atoms with Crippen molar-refractivity contribution in [1.29, 1.82) is 0 Å². The molecular formula is C25H29N3O3. The molecule has 1 amide bonds. The fourth-order valence-electron chi connectivity index (χ4n) is 4.02. The molecule has 0 aliphatic carbocycles. The van der Waals surface area contributed by atoms with Gasteiger partial charge in [0.25, 0.3) is 5.91 Å². The molecule has 0 atom stereocenters. The monoisotopic (exact) mass is 419 g/mol. The Balaban J connectivity index is 1.72. The summed E-state index contributed by atoms with van der Waals surface area (Å²) in [5, 5.41) is 4.43. The summed E-state index contributed by atoms with van der Waals surface area (Å²) < 4.78 is 11.2. The fraction of sp³-hybridized carbons (Fsp3) is 0.360. The van der Waals surface area contributed by atoms with Gasteiger partial charge in [-0.1, -0.05) is 41.6 Å². The molecule has 31 heavy (non-hydrogen) atoms. The van der Waals surface area contributed by atoms with Crippen LogP contribution >= 0.6 is 0 Å². The van der Waals surface area contributed by atoms with Crippen molar-refractivity contribution in [1.82, 2.24) is 10.1 Å². The van der Waals surface area contributed by atoms with Gasteiger partial charge < -0.3 is 19.1 Å². The molecule has 1 aliphatic heterocycles. The first-order valence-electron chi connectivity index (χ1n) is 10.8. The molecule has 2 heterocycles. The number of carbonyl (C=O) groups is 1. The highest BCUT2D eigenvalue weighted by atomic mass is 16.5. The molecule has 0 spiro atoms. The van der Waals surface area contributed by atoms with Crippen LogP contribution < -0.4 is 9.64 Å². The van der Waals surface area contributed by atoms with Crippen molar-refractivity contribution in [2.24, 2.45) is 0 Å². The topological polar surface area (TPSA) is 58.8 Å². The number of methoxy groups -OCH3 is 1. The molecule has 1 fully saturated rings. The Morgan fingerprint density at radius 3 is 2.55 bits per heavy atom. The summed E-state index contributed by atoms with van der Waals surface area (Å²) in [4.78, 5) is 17.6. The molecule has 0 N–H and O–H groups in total. The van der Waals surface area contributed by atoms with Gasteiger partial charge in [0.1, 0.15) is 11.4 Å². The molecule has 0 bridgehead atoms. The van der Waals surface area contributed by atoms with Crippen molar-refractivity contribution < 1.29 is 14.1 Å². The quantitative estimate of drug-likeness (QED) is 0.539. The minimum Gasteiger partial charge on any atom is -0.497 e. The highest BCUT2D eigenvalue weighted by Crippen LogP contribution is 2.34. The largest absolute Gasteiger partial charge is 0.497 e. The zero-order chi connectivity index (χ0) is 21.8. The van der Waals surface area contributed by atoms with E-state index in [0.717, 1.165) is 48.6 Å². The lowest BCUT2D eigenvalue weighted by Gasteiger charge is -2.28. The van der Waals surface area contributed by atoms with Crippen LogP contribution in [0.2, 0.25) is 0 Å². The van der Waals surface area contributed by atoms with E-state index in [1.165, 1.54) is 0 Å². The number of amides is 1. The molecular weight excluding hydrogens is 390 g/mol. The van der Waals surface area contributed by atoms with E-state index < -0.39 is 0 Å². The van der Waals surface area contributed by atoms with E-state index in [0.29, 0.717) is 17.9 Å². The Morgan fingerprint density at radius 1 is 1.13 bits per heavy atom. The van der Waals surface area contributed by atoms with E-state index in [2.05, 4.69) is 10.1 Å². The van der Waals surface area contributed by atoms with Crippen LogP contribution in [0.4, 0.5) is 5.88 Å². The number of nitrogens with zero attached hydrogens (tertiary/aromatic N) is 3. The van der Waals surface area contributed by atoms with Crippen LogP contribution in [0.1, 0.15) is 42.6 Å². The van der Waals surface area contributed by atoms with Gasteiger partial charge in [-0.05, 0) is 44.9 Å². The number of rotatable bonds is 7. The molecule has 0 unspecified atom stereocenters. The average molecular weight is 420 g/mol. The van der Waals surface area contributed by atoms with E-state index in [9.17, 15) is 4.79 Å². The molecule has 1 aromatic heterocycles. The standard InChI is InChI=1S/C25H29N3O3/c1-18(2)28(24(29)20-12-9-13-21(16-20)30-3)17-22-23(19-10-5-4-6-11-19)26-31-25(22)27-14-7-8-15-27/h4-6,9-13,16,18H,7-8,14-15,17H2,1-3H3. The normalized spacial score (nSPS) is 13.6. The third-order valence-electron chi connectivity index (χ3n) is 5.74. The van der Waals surface area contributed by atoms with Crippen molar-refractivity contribution in [3.05, 3.63) is 65.7 Å². The summed E-state index contributed by atoms with van der Waals surface area (Å²) in [5.74, 6) is 1.41. The third kappa shape index (κ3) is 4.43. The van der Waals surface area contributed by atoms with Crippen LogP contribution in [0, 0.1) is 0 Å². The van der Waals surface area contributed by atoms with Gasteiger partial charge >= 0.3 is 0 Å². The van der Waals surface area contributed by atoms with Crippen LogP contribution in [-0.2, 0) is 6.54 Å². The number of carbonyl (C=O) groups excluding carboxylic acids is 1. The summed E-state index contributed by atoms with van der Waals surface area (Å²) in [5.41, 5.74) is 3.35. The Labute approximate surface area is 183 Å². The minimum atomic E-state index is -0.0403. The molecule has 0 radical (unpaired) electrons. The SMILES string of the molecule is COc1cccc(C(=O)N(Cc2c(-c3ccccc3)noc2N2CCCC2)C(C)C)c1. The number of benzene rings is 2. The zero-order valence-electron chi connectivity index (χ0n) is 18.4. The lowest BCUT2D eigenvalue weighted by Crippen LogP contribution is -2.37. The van der Waals surface area contributed by atoms with Gasteiger partial charge in [0.05, 0.1) is 19.2 Å². The van der Waals surface area contributed by atoms with Crippen molar-refractivity contribution in [2.75, 3.05) is 25.1 Å². The Bertz CT molecular complexity index is 1020. The van der Waals surface area contributed by atoms with Crippen molar-refractivity contribution in [2.45, 2.75) is 39.3 Å². The van der Waals surface area contributed by atoms with Gasteiger partial charge in [-0.2, -0.15) is 0 Å². The Kier molecular flexibility index (Phi) is 6.26. The Morgan fingerprint density at radius 2 is 1.87 bits per heavy atom. The van der Waals surface area contributed by atoms with Crippen LogP contribution in [0.25, 0.3) is 11.3 Å². The summed E-state index contributed by atoms with van der Waals surface area (Å²) in [7, 11) is 1.61. The van der Waals surface area contributed by atoms with Crippen LogP contribution in [0.15, 0.2) is 59.1 Å². The van der Waals surface area contributed by atoms with Crippen molar-refractivity contribution in [3.63, 3.8) is 0 Å². The fourth-order valence-corrected chi connectivity index (χ4v) is 4.02. The number of aromatic nitrogens is 1. The first-order chi connectivity index (χ1) is 15.1. The van der Waals surface area contributed by atoms with Gasteiger partial charge in [-0.3, -0.25) is 4.79 Å². The second-order valence-electron chi connectivity index (χ2n) is 8.13. The van der Waals surface area contributed by atoms with Crippen molar-refractivity contribution >= 4 is 11.8 Å². The van der Waals surface area contributed by atoms with Gasteiger partial charge in [0.2, 0.25) is 5.88 Å². The molecule has 6 nitrogen and oxygen atoms in total. The first kappa shape index (κ1) is 21.0. The summed E-state index contributed by atoms with van der Waals surface area (Å²) in [6.07, 6.45) is 2.27. The maximum atomic E-state index is 13.5. The predicted molar refractivity (Wildman–Crippen MR) is 121 cm³/mol. The van der Waals surface area contributed by atoms with Crippen LogP contribution in [-0.4, -0.2) is 42.2 Å². The molecule has 1 saturated heterocycles. The number of hydrogen-bond donors (Lipinski definition) is 0. The second kappa shape index (κ2) is 9.25. The second-order valence-corrected chi connectivity index (χ2v) is 8.13. The summed E-state index contributed by atoms with van der Waals surface area (Å²) in [6, 6.07) is 17.3. The molecule has 162 valence electrons. The molecule has 6 heteroatoms. The van der Waals surface area contributed by atoms with Gasteiger partial charge in [-0.15, -0.1) is 0 Å². The maximum Gasteiger partial charge on any atom is 0.254 e. The van der Waals surface area contributed by atoms with E-state index in [4.69, 9.17) is 9.26 Å². The number of hydrogen-bond acceptors (Lipinski definition) is 5. The van der Waals surface area contributed by atoms with E-state index in [-0.39, 0.29) is 11.9 Å². The lowest BCUT2D eigenvalue weighted by molar-refractivity contribution is 0.0690. The molecule has 0 saturated carbocycles. The van der Waals surface area contributed by atoms with Crippen LogP contribution in [0.3, 0.4) is 0 Å². The van der Waals surface area contributed by atoms with Crippen LogP contribution in [0.5, 0.6) is 5.75 Å². The molecule has 1 aliphatic rings. The predicted octanol–water partition coefficient (Wildman–Crippen LogP) is 5.00. The van der Waals surface area contributed by atoms with Gasteiger partial charge in [0, 0.05) is 30.3 Å². The van der Waals surface area contributed by atoms with E-state index >= 15 is 0 Å². The maximum absolute atomic E-state index is 13.5. The van der Waals surface area contributed by atoms with Gasteiger partial charge in [-0.25, -0.2) is 0 Å². The lowest BCUT2D eigenvalue weighted by atomic mass is 10.1. The summed E-state index contributed by atoms with van der Waals surface area (Å²) >= 11 is 0. The smallest absolute Gasteiger partial charge is 0.254 e. The average Bonchev–Trinajstić information content (AvgIpc) is 3.47.